The SMILES string of the molecule is C=CCn1c(=NC(=O)c2ccc(Cl)cc2)sc2cc(OC)c(OC)cc21. The number of thiazole rings is 1. The lowest BCUT2D eigenvalue weighted by Gasteiger charge is -2.08. The third-order valence-corrected chi connectivity index (χ3v) is 5.08. The average molecular weight is 389 g/mol. The molecule has 3 aromatic rings. The van der Waals surface area contributed by atoms with E-state index in [1.165, 1.54) is 11.3 Å². The molecule has 134 valence electrons. The molecule has 0 radical (unpaired) electrons. The van der Waals surface area contributed by atoms with Crippen molar-refractivity contribution in [3.05, 3.63) is 64.4 Å². The number of rotatable bonds is 5. The molecule has 0 saturated heterocycles. The molecule has 26 heavy (non-hydrogen) atoms. The molecule has 0 N–H and O–H groups in total. The summed E-state index contributed by atoms with van der Waals surface area (Å²) in [4.78, 5) is 17.4. The molecule has 1 heterocycles. The van der Waals surface area contributed by atoms with Crippen LogP contribution in [0.5, 0.6) is 11.5 Å². The van der Waals surface area contributed by atoms with Gasteiger partial charge >= 0.3 is 0 Å². The molecule has 0 saturated carbocycles. The summed E-state index contributed by atoms with van der Waals surface area (Å²) in [6, 6.07) is 10.4. The Bertz CT molecular complexity index is 1040. The molecule has 3 rings (SSSR count). The van der Waals surface area contributed by atoms with Crippen LogP contribution in [-0.4, -0.2) is 24.7 Å². The van der Waals surface area contributed by atoms with Gasteiger partial charge in [0.25, 0.3) is 5.91 Å². The second kappa shape index (κ2) is 7.76. The molecule has 5 nitrogen and oxygen atoms in total. The number of halogens is 1. The van der Waals surface area contributed by atoms with Crippen LogP contribution in [-0.2, 0) is 6.54 Å². The Morgan fingerprint density at radius 2 is 1.88 bits per heavy atom. The molecule has 0 fully saturated rings. The number of nitrogens with zero attached hydrogens (tertiary/aromatic N) is 2. The van der Waals surface area contributed by atoms with E-state index < -0.39 is 0 Å². The van der Waals surface area contributed by atoms with Crippen LogP contribution in [0.2, 0.25) is 5.02 Å². The molecule has 2 aromatic carbocycles. The standard InChI is InChI=1S/C19H17ClN2O3S/c1-4-9-22-14-10-15(24-2)16(25-3)11-17(14)26-19(22)21-18(23)12-5-7-13(20)8-6-12/h4-8,10-11H,1,9H2,2-3H3. The quantitative estimate of drug-likeness (QED) is 0.612. The average Bonchev–Trinajstić information content (AvgIpc) is 2.97. The maximum atomic E-state index is 12.5. The summed E-state index contributed by atoms with van der Waals surface area (Å²) in [5.74, 6) is 0.915. The molecule has 0 spiro atoms. The summed E-state index contributed by atoms with van der Waals surface area (Å²) in [5.41, 5.74) is 1.38. The Morgan fingerprint density at radius 3 is 2.50 bits per heavy atom. The number of carbonyl (C=O) groups excluding carboxylic acids is 1. The van der Waals surface area contributed by atoms with Gasteiger partial charge in [0.1, 0.15) is 0 Å². The van der Waals surface area contributed by atoms with Crippen LogP contribution in [0, 0.1) is 0 Å². The third kappa shape index (κ3) is 3.52. The smallest absolute Gasteiger partial charge is 0.279 e. The van der Waals surface area contributed by atoms with Gasteiger partial charge in [-0.05, 0) is 24.3 Å². The van der Waals surface area contributed by atoms with Crippen molar-refractivity contribution in [3.8, 4) is 11.5 Å². The van der Waals surface area contributed by atoms with Crippen LogP contribution < -0.4 is 14.3 Å². The molecule has 0 bridgehead atoms. The Labute approximate surface area is 159 Å². The molecule has 0 atom stereocenters. The fourth-order valence-electron chi connectivity index (χ4n) is 2.53. The maximum absolute atomic E-state index is 12.5. The minimum absolute atomic E-state index is 0.329. The zero-order chi connectivity index (χ0) is 18.7. The highest BCUT2D eigenvalue weighted by Gasteiger charge is 2.13. The van der Waals surface area contributed by atoms with Crippen molar-refractivity contribution in [1.29, 1.82) is 0 Å². The highest BCUT2D eigenvalue weighted by Crippen LogP contribution is 2.33. The molecule has 0 aliphatic rings. The van der Waals surface area contributed by atoms with Crippen molar-refractivity contribution in [2.45, 2.75) is 6.54 Å². The molecule has 0 unspecified atom stereocenters. The van der Waals surface area contributed by atoms with Crippen LogP contribution in [0.15, 0.2) is 54.0 Å². The van der Waals surface area contributed by atoms with Crippen LogP contribution in [0.4, 0.5) is 0 Å². The van der Waals surface area contributed by atoms with E-state index in [4.69, 9.17) is 21.1 Å². The minimum Gasteiger partial charge on any atom is -0.493 e. The third-order valence-electron chi connectivity index (χ3n) is 3.79. The first kappa shape index (κ1) is 18.2. The fraction of sp³-hybridized carbons (Fsp3) is 0.158. The second-order valence-electron chi connectivity index (χ2n) is 5.38. The van der Waals surface area contributed by atoms with Crippen molar-refractivity contribution >= 4 is 39.1 Å². The first-order chi connectivity index (χ1) is 12.6. The number of allylic oxidation sites excluding steroid dienone is 1. The van der Waals surface area contributed by atoms with E-state index in [-0.39, 0.29) is 5.91 Å². The molecule has 1 aromatic heterocycles. The number of carbonyl (C=O) groups is 1. The van der Waals surface area contributed by atoms with Crippen molar-refractivity contribution in [2.75, 3.05) is 14.2 Å². The topological polar surface area (TPSA) is 52.8 Å². The van der Waals surface area contributed by atoms with Gasteiger partial charge in [0.15, 0.2) is 16.3 Å². The predicted molar refractivity (Wildman–Crippen MR) is 104 cm³/mol. The van der Waals surface area contributed by atoms with Crippen LogP contribution in [0.25, 0.3) is 10.2 Å². The highest BCUT2D eigenvalue weighted by atomic mass is 35.5. The van der Waals surface area contributed by atoms with Crippen molar-refractivity contribution in [3.63, 3.8) is 0 Å². The first-order valence-electron chi connectivity index (χ1n) is 7.78. The summed E-state index contributed by atoms with van der Waals surface area (Å²) < 4.78 is 13.6. The lowest BCUT2D eigenvalue weighted by molar-refractivity contribution is 0.0998. The van der Waals surface area contributed by atoms with Gasteiger partial charge in [0.2, 0.25) is 0 Å². The van der Waals surface area contributed by atoms with Gasteiger partial charge in [-0.3, -0.25) is 4.79 Å². The number of aromatic nitrogens is 1. The highest BCUT2D eigenvalue weighted by molar-refractivity contribution is 7.16. The molecule has 7 heteroatoms. The summed E-state index contributed by atoms with van der Waals surface area (Å²) in [6.07, 6.45) is 1.76. The largest absolute Gasteiger partial charge is 0.493 e. The zero-order valence-electron chi connectivity index (χ0n) is 14.4. The van der Waals surface area contributed by atoms with E-state index in [2.05, 4.69) is 11.6 Å². The summed E-state index contributed by atoms with van der Waals surface area (Å²) in [5, 5.41) is 0.573. The molecular weight excluding hydrogens is 372 g/mol. The summed E-state index contributed by atoms with van der Waals surface area (Å²) in [7, 11) is 3.17. The molecule has 0 aliphatic carbocycles. The number of hydrogen-bond acceptors (Lipinski definition) is 4. The zero-order valence-corrected chi connectivity index (χ0v) is 15.9. The number of amides is 1. The number of methoxy groups -OCH3 is 2. The number of fused-ring (bicyclic) bond motifs is 1. The van der Waals surface area contributed by atoms with Crippen LogP contribution >= 0.6 is 22.9 Å². The van der Waals surface area contributed by atoms with Gasteiger partial charge in [0, 0.05) is 29.3 Å². The van der Waals surface area contributed by atoms with Gasteiger partial charge < -0.3 is 14.0 Å². The van der Waals surface area contributed by atoms with Crippen molar-refractivity contribution in [1.82, 2.24) is 4.57 Å². The van der Waals surface area contributed by atoms with Gasteiger partial charge in [0.05, 0.1) is 24.4 Å². The Balaban J connectivity index is 2.17. The molecule has 0 aliphatic heterocycles. The van der Waals surface area contributed by atoms with E-state index in [0.29, 0.717) is 33.4 Å². The molecule has 1 amide bonds. The maximum Gasteiger partial charge on any atom is 0.279 e. The monoisotopic (exact) mass is 388 g/mol. The summed E-state index contributed by atoms with van der Waals surface area (Å²) >= 11 is 7.28. The van der Waals surface area contributed by atoms with Gasteiger partial charge in [-0.15, -0.1) is 6.58 Å². The summed E-state index contributed by atoms with van der Waals surface area (Å²) in [6.45, 7) is 4.31. The molecular formula is C19H17ClN2O3S. The first-order valence-corrected chi connectivity index (χ1v) is 8.97. The number of ether oxygens (including phenoxy) is 2. The second-order valence-corrected chi connectivity index (χ2v) is 6.83. The van der Waals surface area contributed by atoms with Crippen LogP contribution in [0.3, 0.4) is 0 Å². The van der Waals surface area contributed by atoms with Gasteiger partial charge in [-0.1, -0.05) is 29.0 Å². The predicted octanol–water partition coefficient (Wildman–Crippen LogP) is 4.30. The Kier molecular flexibility index (Phi) is 5.44. The van der Waals surface area contributed by atoms with Gasteiger partial charge in [-0.2, -0.15) is 4.99 Å². The van der Waals surface area contributed by atoms with Crippen molar-refractivity contribution < 1.29 is 14.3 Å². The van der Waals surface area contributed by atoms with Crippen molar-refractivity contribution in [2.24, 2.45) is 4.99 Å². The number of hydrogen-bond donors (Lipinski definition) is 0. The van der Waals surface area contributed by atoms with E-state index in [9.17, 15) is 4.79 Å². The lowest BCUT2D eigenvalue weighted by Crippen LogP contribution is -2.16. The van der Waals surface area contributed by atoms with E-state index in [1.807, 2.05) is 16.7 Å². The fourth-order valence-corrected chi connectivity index (χ4v) is 3.71. The normalized spacial score (nSPS) is 11.6. The van der Waals surface area contributed by atoms with E-state index in [0.717, 1.165) is 10.2 Å². The number of benzene rings is 2. The van der Waals surface area contributed by atoms with Gasteiger partial charge in [-0.25, -0.2) is 0 Å². The van der Waals surface area contributed by atoms with E-state index in [1.54, 1.807) is 44.6 Å². The van der Waals surface area contributed by atoms with Crippen LogP contribution in [0.1, 0.15) is 10.4 Å². The Hall–Kier alpha value is -2.57. The van der Waals surface area contributed by atoms with E-state index >= 15 is 0 Å². The Morgan fingerprint density at radius 1 is 1.23 bits per heavy atom. The lowest BCUT2D eigenvalue weighted by atomic mass is 10.2. The minimum atomic E-state index is -0.329.